The molecule has 2 aromatic rings. The molecule has 1 aromatic heterocycles. The number of aromatic nitrogens is 1. The Balaban J connectivity index is 2.17. The molecular weight excluding hydrogens is 295 g/mol. The van der Waals surface area contributed by atoms with Crippen LogP contribution in [0.25, 0.3) is 0 Å². The summed E-state index contributed by atoms with van der Waals surface area (Å²) in [5.41, 5.74) is 4.54. The number of nitrogens with zero attached hydrogens (tertiary/aromatic N) is 1. The Hall–Kier alpha value is -1.32. The first-order chi connectivity index (χ1) is 9.43. The summed E-state index contributed by atoms with van der Waals surface area (Å²) >= 11 is 11.8. The summed E-state index contributed by atoms with van der Waals surface area (Å²) in [5.74, 6) is -0.0805. The number of hydrogen-bond acceptors (Lipinski definition) is 2. The number of aromatic hydroxyl groups is 1. The van der Waals surface area contributed by atoms with E-state index in [1.54, 1.807) is 12.1 Å². The molecule has 0 fully saturated rings. The maximum absolute atomic E-state index is 9.54. The molecule has 108 valence electrons. The van der Waals surface area contributed by atoms with Crippen LogP contribution in [0.4, 0.5) is 5.69 Å². The zero-order valence-electron chi connectivity index (χ0n) is 11.8. The Labute approximate surface area is 129 Å². The van der Waals surface area contributed by atoms with Crippen LogP contribution in [-0.4, -0.2) is 9.67 Å². The van der Waals surface area contributed by atoms with E-state index in [9.17, 15) is 5.11 Å². The lowest BCUT2D eigenvalue weighted by Gasteiger charge is -2.10. The van der Waals surface area contributed by atoms with E-state index < -0.39 is 0 Å². The first-order valence-electron chi connectivity index (χ1n) is 6.51. The lowest BCUT2D eigenvalue weighted by atomic mass is 10.2. The highest BCUT2D eigenvalue weighted by molar-refractivity contribution is 6.37. The van der Waals surface area contributed by atoms with E-state index >= 15 is 0 Å². The number of nitrogens with one attached hydrogen (secondary N) is 1. The zero-order chi connectivity index (χ0) is 14.9. The van der Waals surface area contributed by atoms with Gasteiger partial charge in [-0.3, -0.25) is 0 Å². The summed E-state index contributed by atoms with van der Waals surface area (Å²) in [4.78, 5) is 0. The van der Waals surface area contributed by atoms with Gasteiger partial charge in [0.15, 0.2) is 5.75 Å². The maximum atomic E-state index is 9.54. The summed E-state index contributed by atoms with van der Waals surface area (Å²) in [5, 5.41) is 13.3. The average Bonchev–Trinajstić information content (AvgIpc) is 2.67. The first-order valence-corrected chi connectivity index (χ1v) is 7.27. The molecule has 0 aliphatic heterocycles. The summed E-state index contributed by atoms with van der Waals surface area (Å²) < 4.78 is 2.27. The SMILES string of the molecule is CCn1c(C)cc(CNc2cc(Cl)c(O)c(Cl)c2)c1C. The topological polar surface area (TPSA) is 37.2 Å². The number of halogens is 2. The van der Waals surface area contributed by atoms with Crippen molar-refractivity contribution in [2.24, 2.45) is 0 Å². The fourth-order valence-corrected chi connectivity index (χ4v) is 2.89. The number of rotatable bonds is 4. The number of hydrogen-bond donors (Lipinski definition) is 2. The number of anilines is 1. The summed E-state index contributed by atoms with van der Waals surface area (Å²) in [7, 11) is 0. The van der Waals surface area contributed by atoms with Gasteiger partial charge in [0, 0.05) is 30.2 Å². The van der Waals surface area contributed by atoms with E-state index in [0.29, 0.717) is 6.54 Å². The van der Waals surface area contributed by atoms with Crippen molar-refractivity contribution in [2.45, 2.75) is 33.9 Å². The molecule has 0 unspecified atom stereocenters. The third-order valence-corrected chi connectivity index (χ3v) is 4.07. The summed E-state index contributed by atoms with van der Waals surface area (Å²) in [6, 6.07) is 5.51. The molecule has 5 heteroatoms. The van der Waals surface area contributed by atoms with Gasteiger partial charge in [-0.05, 0) is 44.5 Å². The van der Waals surface area contributed by atoms with E-state index in [1.807, 2.05) is 0 Å². The van der Waals surface area contributed by atoms with Gasteiger partial charge in [0.1, 0.15) is 0 Å². The van der Waals surface area contributed by atoms with Crippen LogP contribution in [0, 0.1) is 13.8 Å². The minimum Gasteiger partial charge on any atom is -0.505 e. The van der Waals surface area contributed by atoms with Gasteiger partial charge in [0.05, 0.1) is 10.0 Å². The van der Waals surface area contributed by atoms with Gasteiger partial charge in [-0.25, -0.2) is 0 Å². The van der Waals surface area contributed by atoms with Crippen molar-refractivity contribution in [3.8, 4) is 5.75 Å². The number of aryl methyl sites for hydroxylation is 1. The van der Waals surface area contributed by atoms with E-state index in [0.717, 1.165) is 12.2 Å². The minimum atomic E-state index is -0.0805. The molecule has 0 atom stereocenters. The summed E-state index contributed by atoms with van der Waals surface area (Å²) in [6.45, 7) is 8.01. The van der Waals surface area contributed by atoms with Gasteiger partial charge < -0.3 is 15.0 Å². The van der Waals surface area contributed by atoms with Gasteiger partial charge in [-0.2, -0.15) is 0 Å². The van der Waals surface area contributed by atoms with Gasteiger partial charge >= 0.3 is 0 Å². The largest absolute Gasteiger partial charge is 0.505 e. The van der Waals surface area contributed by atoms with E-state index in [-0.39, 0.29) is 15.8 Å². The Morgan fingerprint density at radius 3 is 2.25 bits per heavy atom. The Morgan fingerprint density at radius 1 is 1.15 bits per heavy atom. The van der Waals surface area contributed by atoms with Gasteiger partial charge in [-0.1, -0.05) is 23.2 Å². The highest BCUT2D eigenvalue weighted by Crippen LogP contribution is 2.34. The van der Waals surface area contributed by atoms with Crippen molar-refractivity contribution in [1.29, 1.82) is 0 Å². The zero-order valence-corrected chi connectivity index (χ0v) is 13.3. The smallest absolute Gasteiger partial charge is 0.152 e. The monoisotopic (exact) mass is 312 g/mol. The van der Waals surface area contributed by atoms with Crippen molar-refractivity contribution in [1.82, 2.24) is 4.57 Å². The average molecular weight is 313 g/mol. The quantitative estimate of drug-likeness (QED) is 0.799. The molecule has 0 radical (unpaired) electrons. The second kappa shape index (κ2) is 5.98. The lowest BCUT2D eigenvalue weighted by molar-refractivity contribution is 0.476. The third kappa shape index (κ3) is 2.89. The van der Waals surface area contributed by atoms with Crippen LogP contribution in [0.5, 0.6) is 5.75 Å². The Morgan fingerprint density at radius 2 is 1.75 bits per heavy atom. The van der Waals surface area contributed by atoms with Crippen LogP contribution in [0.3, 0.4) is 0 Å². The fourth-order valence-electron chi connectivity index (χ4n) is 2.40. The number of phenolic OH excluding ortho intramolecular Hbond substituents is 1. The number of benzene rings is 1. The lowest BCUT2D eigenvalue weighted by Crippen LogP contribution is -2.03. The molecule has 0 aliphatic rings. The highest BCUT2D eigenvalue weighted by Gasteiger charge is 2.09. The fraction of sp³-hybridized carbons (Fsp3) is 0.333. The van der Waals surface area contributed by atoms with Crippen molar-refractivity contribution in [3.63, 3.8) is 0 Å². The first kappa shape index (κ1) is 15.1. The molecule has 0 aliphatic carbocycles. The second-order valence-corrected chi connectivity index (χ2v) is 5.60. The summed E-state index contributed by atoms with van der Waals surface area (Å²) in [6.07, 6.45) is 0. The van der Waals surface area contributed by atoms with Crippen LogP contribution in [-0.2, 0) is 13.1 Å². The third-order valence-electron chi connectivity index (χ3n) is 3.49. The molecule has 0 saturated carbocycles. The number of phenols is 1. The van der Waals surface area contributed by atoms with Crippen LogP contribution in [0.2, 0.25) is 10.0 Å². The molecule has 20 heavy (non-hydrogen) atoms. The van der Waals surface area contributed by atoms with Crippen LogP contribution >= 0.6 is 23.2 Å². The highest BCUT2D eigenvalue weighted by atomic mass is 35.5. The molecule has 0 amide bonds. The predicted octanol–water partition coefficient (Wildman–Crippen LogP) is 4.75. The Kier molecular flexibility index (Phi) is 4.51. The maximum Gasteiger partial charge on any atom is 0.152 e. The predicted molar refractivity (Wildman–Crippen MR) is 85.0 cm³/mol. The van der Waals surface area contributed by atoms with Gasteiger partial charge in [-0.15, -0.1) is 0 Å². The van der Waals surface area contributed by atoms with Crippen LogP contribution in [0.1, 0.15) is 23.9 Å². The molecule has 1 heterocycles. The molecule has 0 saturated heterocycles. The molecule has 3 nitrogen and oxygen atoms in total. The van der Waals surface area contributed by atoms with E-state index in [4.69, 9.17) is 23.2 Å². The van der Waals surface area contributed by atoms with E-state index in [2.05, 4.69) is 36.7 Å². The molecule has 1 aromatic carbocycles. The van der Waals surface area contributed by atoms with Crippen LogP contribution < -0.4 is 5.32 Å². The van der Waals surface area contributed by atoms with E-state index in [1.165, 1.54) is 17.0 Å². The minimum absolute atomic E-state index is 0.0805. The standard InChI is InChI=1S/C15H18Cl2N2O/c1-4-19-9(2)5-11(10(19)3)8-18-12-6-13(16)15(20)14(17)7-12/h5-7,18,20H,4,8H2,1-3H3. The van der Waals surface area contributed by atoms with Crippen molar-refractivity contribution in [3.05, 3.63) is 45.2 Å². The van der Waals surface area contributed by atoms with Crippen molar-refractivity contribution >= 4 is 28.9 Å². The molecular formula is C15H18Cl2N2O. The molecule has 2 rings (SSSR count). The Bertz CT molecular complexity index is 612. The van der Waals surface area contributed by atoms with Gasteiger partial charge in [0.25, 0.3) is 0 Å². The van der Waals surface area contributed by atoms with Gasteiger partial charge in [0.2, 0.25) is 0 Å². The van der Waals surface area contributed by atoms with Crippen molar-refractivity contribution < 1.29 is 5.11 Å². The molecule has 0 bridgehead atoms. The molecule has 2 N–H and O–H groups in total. The second-order valence-electron chi connectivity index (χ2n) is 4.78. The van der Waals surface area contributed by atoms with Crippen molar-refractivity contribution in [2.75, 3.05) is 5.32 Å². The molecule has 0 spiro atoms. The normalized spacial score (nSPS) is 10.8. The van der Waals surface area contributed by atoms with Crippen LogP contribution in [0.15, 0.2) is 18.2 Å².